The molecular formula is C22H17ClN6O2. The van der Waals surface area contributed by atoms with E-state index in [1.807, 2.05) is 6.92 Å². The summed E-state index contributed by atoms with van der Waals surface area (Å²) in [6.45, 7) is 1.87. The highest BCUT2D eigenvalue weighted by atomic mass is 35.5. The third-order valence-corrected chi connectivity index (χ3v) is 4.84. The van der Waals surface area contributed by atoms with Crippen molar-refractivity contribution in [2.24, 2.45) is 0 Å². The number of benzene rings is 3. The molecule has 0 saturated heterocycles. The first-order chi connectivity index (χ1) is 15.0. The number of hydrogen-bond acceptors (Lipinski definition) is 5. The topological polar surface area (TPSA) is 102 Å². The van der Waals surface area contributed by atoms with Crippen LogP contribution in [0.25, 0.3) is 5.69 Å². The van der Waals surface area contributed by atoms with Crippen molar-refractivity contribution in [2.75, 3.05) is 10.6 Å². The molecule has 2 N–H and O–H groups in total. The van der Waals surface area contributed by atoms with Crippen LogP contribution >= 0.6 is 11.6 Å². The maximum Gasteiger partial charge on any atom is 0.255 e. The average Bonchev–Trinajstić information content (AvgIpc) is 3.30. The lowest BCUT2D eigenvalue weighted by atomic mass is 10.1. The average molecular weight is 433 g/mol. The first kappa shape index (κ1) is 20.2. The molecule has 31 heavy (non-hydrogen) atoms. The summed E-state index contributed by atoms with van der Waals surface area (Å²) in [6, 6.07) is 18.8. The van der Waals surface area contributed by atoms with E-state index in [1.54, 1.807) is 66.7 Å². The Morgan fingerprint density at radius 2 is 1.48 bits per heavy atom. The number of nitrogens with one attached hydrogen (secondary N) is 2. The van der Waals surface area contributed by atoms with Gasteiger partial charge in [-0.25, -0.2) is 4.68 Å². The molecule has 0 fully saturated rings. The molecule has 9 heteroatoms. The predicted molar refractivity (Wildman–Crippen MR) is 118 cm³/mol. The summed E-state index contributed by atoms with van der Waals surface area (Å²) in [4.78, 5) is 25.4. The van der Waals surface area contributed by atoms with Crippen molar-refractivity contribution in [1.82, 2.24) is 20.2 Å². The van der Waals surface area contributed by atoms with Crippen molar-refractivity contribution < 1.29 is 9.59 Å². The molecule has 0 radical (unpaired) electrons. The van der Waals surface area contributed by atoms with E-state index in [2.05, 4.69) is 26.2 Å². The Balaban J connectivity index is 1.52. The molecule has 0 atom stereocenters. The van der Waals surface area contributed by atoms with Gasteiger partial charge in [-0.3, -0.25) is 9.59 Å². The van der Waals surface area contributed by atoms with Crippen molar-refractivity contribution in [3.05, 3.63) is 94.8 Å². The van der Waals surface area contributed by atoms with Crippen molar-refractivity contribution in [2.45, 2.75) is 6.92 Å². The van der Waals surface area contributed by atoms with Gasteiger partial charge in [0.05, 0.1) is 17.1 Å². The number of aryl methyl sites for hydroxylation is 1. The smallest absolute Gasteiger partial charge is 0.255 e. The molecule has 0 aliphatic carbocycles. The Morgan fingerprint density at radius 3 is 2.06 bits per heavy atom. The van der Waals surface area contributed by atoms with Gasteiger partial charge in [0, 0.05) is 16.1 Å². The number of rotatable bonds is 5. The van der Waals surface area contributed by atoms with Gasteiger partial charge in [-0.05, 0) is 77.5 Å². The van der Waals surface area contributed by atoms with E-state index in [-0.39, 0.29) is 11.8 Å². The quantitative estimate of drug-likeness (QED) is 0.493. The molecule has 0 aliphatic rings. The number of hydrogen-bond donors (Lipinski definition) is 2. The van der Waals surface area contributed by atoms with E-state index in [0.29, 0.717) is 27.5 Å². The molecular weight excluding hydrogens is 416 g/mol. The maximum atomic E-state index is 12.8. The lowest BCUT2D eigenvalue weighted by Gasteiger charge is -2.13. The van der Waals surface area contributed by atoms with Crippen LogP contribution in [-0.2, 0) is 0 Å². The monoisotopic (exact) mass is 432 g/mol. The van der Waals surface area contributed by atoms with Gasteiger partial charge in [-0.2, -0.15) is 0 Å². The predicted octanol–water partition coefficient (Wildman–Crippen LogP) is 4.13. The molecule has 8 nitrogen and oxygen atoms in total. The number of amides is 2. The van der Waals surface area contributed by atoms with Crippen LogP contribution in [0.4, 0.5) is 11.4 Å². The Kier molecular flexibility index (Phi) is 5.72. The highest BCUT2D eigenvalue weighted by Crippen LogP contribution is 2.23. The summed E-state index contributed by atoms with van der Waals surface area (Å²) in [7, 11) is 0. The molecule has 1 heterocycles. The van der Waals surface area contributed by atoms with Gasteiger partial charge in [0.25, 0.3) is 11.8 Å². The minimum Gasteiger partial charge on any atom is -0.320 e. The van der Waals surface area contributed by atoms with E-state index in [9.17, 15) is 9.59 Å². The normalized spacial score (nSPS) is 10.5. The highest BCUT2D eigenvalue weighted by molar-refractivity contribution is 6.30. The van der Waals surface area contributed by atoms with Gasteiger partial charge >= 0.3 is 0 Å². The van der Waals surface area contributed by atoms with E-state index < -0.39 is 0 Å². The Bertz CT molecular complexity index is 1240. The molecule has 0 spiro atoms. The van der Waals surface area contributed by atoms with Crippen LogP contribution in [0.1, 0.15) is 26.3 Å². The van der Waals surface area contributed by atoms with Gasteiger partial charge in [0.1, 0.15) is 6.33 Å². The fourth-order valence-electron chi connectivity index (χ4n) is 3.02. The highest BCUT2D eigenvalue weighted by Gasteiger charge is 2.13. The minimum absolute atomic E-state index is 0.306. The van der Waals surface area contributed by atoms with Gasteiger partial charge in [0.2, 0.25) is 0 Å². The molecule has 4 rings (SSSR count). The molecule has 0 aliphatic heterocycles. The lowest BCUT2D eigenvalue weighted by Crippen LogP contribution is -2.17. The molecule has 0 bridgehead atoms. The third kappa shape index (κ3) is 4.59. The van der Waals surface area contributed by atoms with Crippen molar-refractivity contribution in [3.8, 4) is 5.69 Å². The van der Waals surface area contributed by atoms with Gasteiger partial charge in [-0.15, -0.1) is 5.10 Å². The van der Waals surface area contributed by atoms with Crippen LogP contribution in [0.3, 0.4) is 0 Å². The van der Waals surface area contributed by atoms with Crippen LogP contribution < -0.4 is 10.6 Å². The summed E-state index contributed by atoms with van der Waals surface area (Å²) in [5.74, 6) is -0.612. The Hall–Kier alpha value is -4.04. The summed E-state index contributed by atoms with van der Waals surface area (Å²) in [5.41, 5.74) is 3.50. The lowest BCUT2D eigenvalue weighted by molar-refractivity contribution is 0.101. The third-order valence-electron chi connectivity index (χ3n) is 4.58. The number of anilines is 2. The Labute approximate surface area is 182 Å². The van der Waals surface area contributed by atoms with Crippen LogP contribution in [0.5, 0.6) is 0 Å². The fraction of sp³-hybridized carbons (Fsp3) is 0.0455. The van der Waals surface area contributed by atoms with E-state index >= 15 is 0 Å². The first-order valence-corrected chi connectivity index (χ1v) is 9.70. The van der Waals surface area contributed by atoms with Gasteiger partial charge < -0.3 is 10.6 Å². The second kappa shape index (κ2) is 8.76. The second-order valence-electron chi connectivity index (χ2n) is 6.72. The SMILES string of the molecule is Cc1cc(C(=O)Nc2ccccc2NC(=O)c2ccc(Cl)cc2)ccc1-n1cnnn1. The number of halogens is 1. The molecule has 154 valence electrons. The van der Waals surface area contributed by atoms with Gasteiger partial charge in [-0.1, -0.05) is 23.7 Å². The van der Waals surface area contributed by atoms with Crippen molar-refractivity contribution in [1.29, 1.82) is 0 Å². The number of nitrogens with zero attached hydrogens (tertiary/aromatic N) is 4. The van der Waals surface area contributed by atoms with E-state index in [0.717, 1.165) is 11.3 Å². The number of aromatic nitrogens is 4. The van der Waals surface area contributed by atoms with Crippen LogP contribution in [0.15, 0.2) is 73.1 Å². The summed E-state index contributed by atoms with van der Waals surface area (Å²) >= 11 is 5.88. The molecule has 0 saturated carbocycles. The number of tetrazole rings is 1. The molecule has 1 aromatic heterocycles. The largest absolute Gasteiger partial charge is 0.320 e. The number of para-hydroxylation sites is 2. The molecule has 0 unspecified atom stereocenters. The van der Waals surface area contributed by atoms with Crippen molar-refractivity contribution >= 4 is 34.8 Å². The van der Waals surface area contributed by atoms with Crippen molar-refractivity contribution in [3.63, 3.8) is 0 Å². The fourth-order valence-corrected chi connectivity index (χ4v) is 3.14. The standard InChI is InChI=1S/C22H17ClN6O2/c1-14-12-16(8-11-20(14)29-13-24-27-28-29)22(31)26-19-5-3-2-4-18(19)25-21(30)15-6-9-17(23)10-7-15/h2-13H,1H3,(H,25,30)(H,26,31). The first-order valence-electron chi connectivity index (χ1n) is 9.32. The zero-order valence-corrected chi connectivity index (χ0v) is 17.2. The number of carbonyl (C=O) groups is 2. The maximum absolute atomic E-state index is 12.8. The number of carbonyl (C=O) groups excluding carboxylic acids is 2. The molecule has 4 aromatic rings. The summed E-state index contributed by atoms with van der Waals surface area (Å²) in [5, 5.41) is 17.3. The van der Waals surface area contributed by atoms with Crippen LogP contribution in [-0.4, -0.2) is 32.0 Å². The summed E-state index contributed by atoms with van der Waals surface area (Å²) in [6.07, 6.45) is 1.49. The summed E-state index contributed by atoms with van der Waals surface area (Å²) < 4.78 is 1.53. The van der Waals surface area contributed by atoms with Crippen LogP contribution in [0, 0.1) is 6.92 Å². The molecule has 3 aromatic carbocycles. The van der Waals surface area contributed by atoms with Gasteiger partial charge in [0.15, 0.2) is 0 Å². The second-order valence-corrected chi connectivity index (χ2v) is 7.15. The van der Waals surface area contributed by atoms with E-state index in [1.165, 1.54) is 11.0 Å². The Morgan fingerprint density at radius 1 is 0.871 bits per heavy atom. The van der Waals surface area contributed by atoms with E-state index in [4.69, 9.17) is 11.6 Å². The molecule has 2 amide bonds. The zero-order chi connectivity index (χ0) is 21.8. The van der Waals surface area contributed by atoms with Crippen LogP contribution in [0.2, 0.25) is 5.02 Å². The minimum atomic E-state index is -0.306. The zero-order valence-electron chi connectivity index (χ0n) is 16.4.